The second kappa shape index (κ2) is 19.9. The minimum Gasteiger partial charge on any atom is -0.507 e. The first kappa shape index (κ1) is 61.0. The van der Waals surface area contributed by atoms with Crippen LogP contribution in [0, 0.1) is 5.41 Å². The molecular formula is C64H96O9. The molecule has 73 heavy (non-hydrogen) atoms. The fraction of sp³-hybridized carbons (Fsp3) is 0.609. The second-order valence-electron chi connectivity index (χ2n) is 29.3. The van der Waals surface area contributed by atoms with Crippen molar-refractivity contribution in [2.75, 3.05) is 0 Å². The molecule has 4 aromatic rings. The standard InChI is InChI=1S/C64H96O9/c1-26-47(65)73-55(38-33-45(62(20,21)22)51(69)46(34-38)63(23,24)25)64(52(70)35-27-39(56(2,3)4)48(66)40(28-35)57(5,6)7,53(71)36-29-41(58(8,9)10)49(67)42(30-36)59(11,12)13)54(72)37-31-43(60(14,15)16)50(68)44(32-37)61(17,18)19/h27-34,52-55,66-72H,26H2,1-25H3. The summed E-state index contributed by atoms with van der Waals surface area (Å²) in [6, 6.07) is 13.8. The van der Waals surface area contributed by atoms with Gasteiger partial charge in [0.05, 0.1) is 18.3 Å². The average Bonchev–Trinajstić information content (AvgIpc) is 3.20. The highest BCUT2D eigenvalue weighted by molar-refractivity contribution is 5.70. The molecule has 4 unspecified atom stereocenters. The van der Waals surface area contributed by atoms with E-state index in [-0.39, 0.29) is 46.1 Å². The highest BCUT2D eigenvalue weighted by Gasteiger charge is 2.61. The van der Waals surface area contributed by atoms with Crippen LogP contribution >= 0.6 is 0 Å². The van der Waals surface area contributed by atoms with Crippen LogP contribution in [0.3, 0.4) is 0 Å². The van der Waals surface area contributed by atoms with Crippen LogP contribution in [0.5, 0.6) is 23.0 Å². The summed E-state index contributed by atoms with van der Waals surface area (Å²) < 4.78 is 6.86. The van der Waals surface area contributed by atoms with E-state index in [9.17, 15) is 40.5 Å². The Kier molecular flexibility index (Phi) is 16.6. The molecule has 4 aromatic carbocycles. The Bertz CT molecular complexity index is 2310. The van der Waals surface area contributed by atoms with Gasteiger partial charge in [-0.2, -0.15) is 0 Å². The van der Waals surface area contributed by atoms with Crippen molar-refractivity contribution in [3.05, 3.63) is 115 Å². The van der Waals surface area contributed by atoms with E-state index in [1.165, 1.54) is 0 Å². The number of aliphatic hydroxyl groups is 3. The first-order valence-electron chi connectivity index (χ1n) is 26.3. The Balaban J connectivity index is 2.63. The molecule has 9 heteroatoms. The number of rotatable bonds is 10. The van der Waals surface area contributed by atoms with Crippen LogP contribution in [0.1, 0.15) is 271 Å². The lowest BCUT2D eigenvalue weighted by Crippen LogP contribution is -2.48. The van der Waals surface area contributed by atoms with E-state index in [1.54, 1.807) is 55.5 Å². The number of ether oxygens (including phenoxy) is 1. The molecule has 0 heterocycles. The molecule has 0 aliphatic heterocycles. The first-order chi connectivity index (χ1) is 32.5. The van der Waals surface area contributed by atoms with E-state index in [0.717, 1.165) is 0 Å². The van der Waals surface area contributed by atoms with Crippen LogP contribution in [-0.2, 0) is 52.9 Å². The van der Waals surface area contributed by atoms with E-state index < -0.39 is 79.1 Å². The van der Waals surface area contributed by atoms with Crippen LogP contribution in [0.25, 0.3) is 0 Å². The van der Waals surface area contributed by atoms with Crippen LogP contribution in [0.4, 0.5) is 0 Å². The second-order valence-corrected chi connectivity index (χ2v) is 29.3. The number of hydrogen-bond donors (Lipinski definition) is 7. The van der Waals surface area contributed by atoms with Crippen molar-refractivity contribution >= 4 is 5.97 Å². The lowest BCUT2D eigenvalue weighted by molar-refractivity contribution is -0.219. The summed E-state index contributed by atoms with van der Waals surface area (Å²) in [6.07, 6.45) is -7.63. The first-order valence-corrected chi connectivity index (χ1v) is 26.3. The van der Waals surface area contributed by atoms with Gasteiger partial charge in [0, 0.05) is 6.42 Å². The molecule has 0 fully saturated rings. The Morgan fingerprint density at radius 2 is 0.521 bits per heavy atom. The Morgan fingerprint density at radius 1 is 0.356 bits per heavy atom. The van der Waals surface area contributed by atoms with Gasteiger partial charge in [-0.05, 0) is 159 Å². The van der Waals surface area contributed by atoms with Crippen molar-refractivity contribution in [3.63, 3.8) is 0 Å². The Labute approximate surface area is 440 Å². The summed E-state index contributed by atoms with van der Waals surface area (Å²) in [5, 5.41) is 91.9. The highest BCUT2D eigenvalue weighted by atomic mass is 16.5. The largest absolute Gasteiger partial charge is 0.507 e. The third-order valence-corrected chi connectivity index (χ3v) is 14.7. The number of esters is 1. The average molecular weight is 1010 g/mol. The van der Waals surface area contributed by atoms with Crippen molar-refractivity contribution in [2.45, 2.75) is 247 Å². The zero-order valence-electron chi connectivity index (χ0n) is 49.6. The molecule has 0 aliphatic rings. The summed E-state index contributed by atoms with van der Waals surface area (Å²) >= 11 is 0. The predicted octanol–water partition coefficient (Wildman–Crippen LogP) is 15.1. The Morgan fingerprint density at radius 3 is 0.671 bits per heavy atom. The number of aliphatic hydroxyl groups excluding tert-OH is 3. The molecule has 0 amide bonds. The smallest absolute Gasteiger partial charge is 0.306 e. The van der Waals surface area contributed by atoms with Crippen molar-refractivity contribution < 1.29 is 45.3 Å². The molecule has 9 nitrogen and oxygen atoms in total. The molecule has 0 saturated carbocycles. The fourth-order valence-corrected chi connectivity index (χ4v) is 10.2. The lowest BCUT2D eigenvalue weighted by Gasteiger charge is -2.50. The van der Waals surface area contributed by atoms with E-state index in [4.69, 9.17) is 4.74 Å². The molecule has 4 rings (SSSR count). The summed E-state index contributed by atoms with van der Waals surface area (Å²) in [5.74, 6) is -0.498. The number of carbonyl (C=O) groups is 1. The zero-order valence-corrected chi connectivity index (χ0v) is 49.6. The van der Waals surface area contributed by atoms with Gasteiger partial charge >= 0.3 is 5.97 Å². The maximum absolute atomic E-state index is 14.6. The normalized spacial score (nSPS) is 16.2. The van der Waals surface area contributed by atoms with Crippen molar-refractivity contribution in [2.24, 2.45) is 5.41 Å². The predicted molar refractivity (Wildman–Crippen MR) is 298 cm³/mol. The van der Waals surface area contributed by atoms with Crippen LogP contribution in [0.15, 0.2) is 48.5 Å². The van der Waals surface area contributed by atoms with Gasteiger partial charge in [0.15, 0.2) is 0 Å². The van der Waals surface area contributed by atoms with E-state index in [0.29, 0.717) is 50.1 Å². The third-order valence-electron chi connectivity index (χ3n) is 14.7. The summed E-state index contributed by atoms with van der Waals surface area (Å²) in [7, 11) is 0. The SMILES string of the molecule is CCC(=O)OC(c1cc(C(C)(C)C)c(O)c(C(C)(C)C)c1)C(C(O)c1cc(C(C)(C)C)c(O)c(C(C)(C)C)c1)(C(O)c1cc(C(C)(C)C)c(O)c(C(C)(C)C)c1)C(O)c1cc(C(C)(C)C)c(O)c(C(C)(C)C)c1. The number of phenolic OH excluding ortho intramolecular Hbond substituents is 4. The number of phenols is 4. The lowest BCUT2D eigenvalue weighted by atomic mass is 9.59. The molecule has 4 atom stereocenters. The van der Waals surface area contributed by atoms with Gasteiger partial charge in [-0.15, -0.1) is 0 Å². The minimum atomic E-state index is -2.45. The zero-order chi connectivity index (χ0) is 56.7. The molecule has 0 bridgehead atoms. The molecule has 406 valence electrons. The Hall–Kier alpha value is -4.57. The van der Waals surface area contributed by atoms with Gasteiger partial charge in [0.1, 0.15) is 34.5 Å². The number of benzene rings is 4. The number of hydrogen-bond acceptors (Lipinski definition) is 9. The van der Waals surface area contributed by atoms with Gasteiger partial charge < -0.3 is 40.5 Å². The molecular weight excluding hydrogens is 913 g/mol. The van der Waals surface area contributed by atoms with Gasteiger partial charge in [0.25, 0.3) is 0 Å². The number of aromatic hydroxyl groups is 4. The maximum Gasteiger partial charge on any atom is 0.306 e. The minimum absolute atomic E-state index is 0.0473. The monoisotopic (exact) mass is 1010 g/mol. The number of carbonyl (C=O) groups excluding carboxylic acids is 1. The highest BCUT2D eigenvalue weighted by Crippen LogP contribution is 2.64. The van der Waals surface area contributed by atoms with Crippen LogP contribution in [-0.4, -0.2) is 41.7 Å². The quantitative estimate of drug-likeness (QED) is 0.0765. The van der Waals surface area contributed by atoms with Crippen LogP contribution in [0.2, 0.25) is 0 Å². The van der Waals surface area contributed by atoms with Crippen molar-refractivity contribution in [1.29, 1.82) is 0 Å². The molecule has 0 aliphatic carbocycles. The summed E-state index contributed by atoms with van der Waals surface area (Å²) in [5.41, 5.74) is -2.90. The molecule has 0 spiro atoms. The van der Waals surface area contributed by atoms with E-state index >= 15 is 0 Å². The van der Waals surface area contributed by atoms with Gasteiger partial charge in [-0.1, -0.05) is 173 Å². The molecule has 0 radical (unpaired) electrons. The summed E-state index contributed by atoms with van der Waals surface area (Å²) in [6.45, 7) is 48.7. The van der Waals surface area contributed by atoms with Gasteiger partial charge in [-0.25, -0.2) is 0 Å². The van der Waals surface area contributed by atoms with E-state index in [1.807, 2.05) is 166 Å². The van der Waals surface area contributed by atoms with Crippen molar-refractivity contribution in [1.82, 2.24) is 0 Å². The van der Waals surface area contributed by atoms with E-state index in [2.05, 4.69) is 0 Å². The van der Waals surface area contributed by atoms with Gasteiger partial charge in [-0.3, -0.25) is 4.79 Å². The maximum atomic E-state index is 14.6. The van der Waals surface area contributed by atoms with Gasteiger partial charge in [0.2, 0.25) is 0 Å². The third kappa shape index (κ3) is 12.3. The van der Waals surface area contributed by atoms with Crippen molar-refractivity contribution in [3.8, 4) is 23.0 Å². The molecule has 7 N–H and O–H groups in total. The topological polar surface area (TPSA) is 168 Å². The molecule has 0 aromatic heterocycles. The van der Waals surface area contributed by atoms with Crippen LogP contribution < -0.4 is 0 Å². The molecule has 0 saturated heterocycles. The fourth-order valence-electron chi connectivity index (χ4n) is 10.2. The summed E-state index contributed by atoms with van der Waals surface area (Å²) in [4.78, 5) is 14.6.